The van der Waals surface area contributed by atoms with Crippen LogP contribution in [0.2, 0.25) is 0 Å². The maximum Gasteiger partial charge on any atom is 0.312 e. The van der Waals surface area contributed by atoms with Crippen LogP contribution in [0, 0.1) is 6.92 Å². The van der Waals surface area contributed by atoms with Gasteiger partial charge in [0.1, 0.15) is 6.33 Å². The van der Waals surface area contributed by atoms with E-state index >= 15 is 0 Å². The van der Waals surface area contributed by atoms with Crippen LogP contribution in [-0.2, 0) is 4.79 Å². The van der Waals surface area contributed by atoms with Crippen LogP contribution in [0.15, 0.2) is 18.5 Å². The van der Waals surface area contributed by atoms with Crippen molar-refractivity contribution in [2.45, 2.75) is 32.6 Å². The van der Waals surface area contributed by atoms with Crippen molar-refractivity contribution in [1.82, 2.24) is 14.6 Å². The first-order valence-corrected chi connectivity index (χ1v) is 5.66. The molecule has 2 rings (SSSR count). The van der Waals surface area contributed by atoms with Crippen molar-refractivity contribution in [3.8, 4) is 0 Å². The molecule has 5 heteroatoms. The quantitative estimate of drug-likeness (QED) is 0.877. The number of hydrogen-bond donors (Lipinski definition) is 1. The number of hydrogen-bond acceptors (Lipinski definition) is 3. The molecule has 0 amide bonds. The van der Waals surface area contributed by atoms with E-state index < -0.39 is 11.9 Å². The fraction of sp³-hybridized carbons (Fsp3) is 0.417. The van der Waals surface area contributed by atoms with Crippen LogP contribution in [0.1, 0.15) is 36.9 Å². The maximum absolute atomic E-state index is 11.3. The zero-order chi connectivity index (χ0) is 12.4. The van der Waals surface area contributed by atoms with E-state index in [0.29, 0.717) is 17.8 Å². The summed E-state index contributed by atoms with van der Waals surface area (Å²) < 4.78 is 1.61. The molecule has 0 aromatic carbocycles. The number of aliphatic carboxylic acids is 1. The lowest BCUT2D eigenvalue weighted by atomic mass is 9.98. The summed E-state index contributed by atoms with van der Waals surface area (Å²) in [7, 11) is 0. The molecule has 0 spiro atoms. The molecule has 0 saturated heterocycles. The Balaban J connectivity index is 2.58. The average Bonchev–Trinajstić information content (AvgIpc) is 2.72. The van der Waals surface area contributed by atoms with Crippen LogP contribution in [0.4, 0.5) is 0 Å². The van der Waals surface area contributed by atoms with Gasteiger partial charge in [0, 0.05) is 0 Å². The number of carbonyl (C=O) groups is 1. The van der Waals surface area contributed by atoms with Gasteiger partial charge in [0.25, 0.3) is 0 Å². The number of carboxylic acid groups (broad SMARTS) is 1. The van der Waals surface area contributed by atoms with E-state index in [1.807, 2.05) is 26.0 Å². The number of pyridine rings is 1. The van der Waals surface area contributed by atoms with Crippen molar-refractivity contribution in [3.05, 3.63) is 29.7 Å². The Morgan fingerprint density at radius 1 is 1.53 bits per heavy atom. The highest BCUT2D eigenvalue weighted by atomic mass is 16.4. The van der Waals surface area contributed by atoms with Gasteiger partial charge in [-0.1, -0.05) is 13.3 Å². The second-order valence-electron chi connectivity index (χ2n) is 4.17. The Kier molecular flexibility index (Phi) is 3.08. The average molecular weight is 233 g/mol. The van der Waals surface area contributed by atoms with Crippen LogP contribution in [0.25, 0.3) is 5.65 Å². The molecule has 0 aliphatic rings. The molecule has 0 fully saturated rings. The number of aryl methyl sites for hydroxylation is 1. The van der Waals surface area contributed by atoms with Crippen molar-refractivity contribution < 1.29 is 9.90 Å². The van der Waals surface area contributed by atoms with Gasteiger partial charge in [-0.15, -0.1) is 0 Å². The normalized spacial score (nSPS) is 12.8. The minimum Gasteiger partial charge on any atom is -0.481 e. The van der Waals surface area contributed by atoms with E-state index in [2.05, 4.69) is 10.1 Å². The molecule has 0 radical (unpaired) electrons. The predicted octanol–water partition coefficient (Wildman–Crippen LogP) is 2.01. The summed E-state index contributed by atoms with van der Waals surface area (Å²) in [5, 5.41) is 13.4. The molecule has 5 nitrogen and oxygen atoms in total. The lowest BCUT2D eigenvalue weighted by Gasteiger charge is -2.13. The van der Waals surface area contributed by atoms with Crippen molar-refractivity contribution in [2.75, 3.05) is 0 Å². The van der Waals surface area contributed by atoms with Crippen LogP contribution >= 0.6 is 0 Å². The zero-order valence-corrected chi connectivity index (χ0v) is 9.92. The molecule has 1 unspecified atom stereocenters. The maximum atomic E-state index is 11.3. The smallest absolute Gasteiger partial charge is 0.312 e. The topological polar surface area (TPSA) is 67.5 Å². The van der Waals surface area contributed by atoms with Gasteiger partial charge in [-0.3, -0.25) is 4.79 Å². The van der Waals surface area contributed by atoms with E-state index in [9.17, 15) is 9.90 Å². The summed E-state index contributed by atoms with van der Waals surface area (Å²) in [5.41, 5.74) is 2.40. The van der Waals surface area contributed by atoms with Crippen molar-refractivity contribution in [1.29, 1.82) is 0 Å². The van der Waals surface area contributed by atoms with E-state index in [-0.39, 0.29) is 0 Å². The lowest BCUT2D eigenvalue weighted by molar-refractivity contribution is -0.139. The van der Waals surface area contributed by atoms with Gasteiger partial charge in [-0.25, -0.2) is 9.50 Å². The molecule has 17 heavy (non-hydrogen) atoms. The van der Waals surface area contributed by atoms with Crippen LogP contribution in [0.5, 0.6) is 0 Å². The van der Waals surface area contributed by atoms with Crippen molar-refractivity contribution in [2.24, 2.45) is 0 Å². The lowest BCUT2D eigenvalue weighted by Crippen LogP contribution is -2.15. The van der Waals surface area contributed by atoms with E-state index in [1.165, 1.54) is 6.33 Å². The zero-order valence-electron chi connectivity index (χ0n) is 9.92. The largest absolute Gasteiger partial charge is 0.481 e. The Labute approximate surface area is 99.1 Å². The SMILES string of the molecule is CCCC(C(=O)O)c1cc(C)cc2ncnn12. The molecule has 90 valence electrons. The third-order valence-corrected chi connectivity index (χ3v) is 2.78. The number of rotatable bonds is 4. The van der Waals surface area contributed by atoms with Crippen LogP contribution in [-0.4, -0.2) is 25.7 Å². The fourth-order valence-corrected chi connectivity index (χ4v) is 2.02. The Hall–Kier alpha value is -1.91. The number of carboxylic acids is 1. The predicted molar refractivity (Wildman–Crippen MR) is 63.0 cm³/mol. The first-order valence-electron chi connectivity index (χ1n) is 5.66. The van der Waals surface area contributed by atoms with Crippen molar-refractivity contribution in [3.63, 3.8) is 0 Å². The monoisotopic (exact) mass is 233 g/mol. The summed E-state index contributed by atoms with van der Waals surface area (Å²) in [4.78, 5) is 15.4. The minimum absolute atomic E-state index is 0.524. The van der Waals surface area contributed by atoms with E-state index in [1.54, 1.807) is 4.52 Å². The molecule has 2 aromatic heterocycles. The van der Waals surface area contributed by atoms with Crippen molar-refractivity contribution >= 4 is 11.6 Å². The highest BCUT2D eigenvalue weighted by Crippen LogP contribution is 2.23. The van der Waals surface area contributed by atoms with Crippen LogP contribution < -0.4 is 0 Å². The van der Waals surface area contributed by atoms with Gasteiger partial charge < -0.3 is 5.11 Å². The fourth-order valence-electron chi connectivity index (χ4n) is 2.02. The standard InChI is InChI=1S/C12H15N3O2/c1-3-4-9(12(16)17)10-5-8(2)6-11-13-7-14-15(10)11/h5-7,9H,3-4H2,1-2H3,(H,16,17). The third kappa shape index (κ3) is 2.13. The molecule has 0 saturated carbocycles. The van der Waals surface area contributed by atoms with E-state index in [4.69, 9.17) is 0 Å². The Morgan fingerprint density at radius 2 is 2.29 bits per heavy atom. The summed E-state index contributed by atoms with van der Waals surface area (Å²) in [6, 6.07) is 3.76. The molecule has 2 heterocycles. The molecule has 0 aliphatic carbocycles. The molecule has 0 bridgehead atoms. The molecule has 0 aliphatic heterocycles. The second-order valence-corrected chi connectivity index (χ2v) is 4.17. The minimum atomic E-state index is -0.811. The number of fused-ring (bicyclic) bond motifs is 1. The van der Waals surface area contributed by atoms with Gasteiger partial charge in [0.15, 0.2) is 5.65 Å². The Morgan fingerprint density at radius 3 is 2.94 bits per heavy atom. The van der Waals surface area contributed by atoms with Gasteiger partial charge in [-0.2, -0.15) is 5.10 Å². The Bertz CT molecular complexity index is 548. The first-order chi connectivity index (χ1) is 8.13. The second kappa shape index (κ2) is 4.53. The molecular formula is C12H15N3O2. The summed E-state index contributed by atoms with van der Waals surface area (Å²) in [6.45, 7) is 3.91. The third-order valence-electron chi connectivity index (χ3n) is 2.78. The van der Waals surface area contributed by atoms with Gasteiger partial charge in [-0.05, 0) is 31.0 Å². The number of aromatic nitrogens is 3. The highest BCUT2D eigenvalue weighted by molar-refractivity contribution is 5.75. The molecule has 2 aromatic rings. The van der Waals surface area contributed by atoms with Crippen LogP contribution in [0.3, 0.4) is 0 Å². The molecular weight excluding hydrogens is 218 g/mol. The molecule has 1 N–H and O–H groups in total. The summed E-state index contributed by atoms with van der Waals surface area (Å²) in [5.74, 6) is -1.33. The van der Waals surface area contributed by atoms with Gasteiger partial charge in [0.2, 0.25) is 0 Å². The summed E-state index contributed by atoms with van der Waals surface area (Å²) in [6.07, 6.45) is 2.87. The first kappa shape index (κ1) is 11.6. The highest BCUT2D eigenvalue weighted by Gasteiger charge is 2.22. The van der Waals surface area contributed by atoms with Gasteiger partial charge >= 0.3 is 5.97 Å². The molecule has 1 atom stereocenters. The van der Waals surface area contributed by atoms with E-state index in [0.717, 1.165) is 12.0 Å². The number of nitrogens with zero attached hydrogens (tertiary/aromatic N) is 3. The summed E-state index contributed by atoms with van der Waals surface area (Å²) >= 11 is 0. The van der Waals surface area contributed by atoms with Gasteiger partial charge in [0.05, 0.1) is 11.6 Å².